The Bertz CT molecular complexity index is 685. The Morgan fingerprint density at radius 2 is 2.09 bits per heavy atom. The summed E-state index contributed by atoms with van der Waals surface area (Å²) in [5.74, 6) is -0.883. The Labute approximate surface area is 132 Å². The molecule has 0 radical (unpaired) electrons. The number of aromatic nitrogens is 2. The van der Waals surface area contributed by atoms with Gasteiger partial charge in [0.1, 0.15) is 5.25 Å². The number of aliphatic carboxylic acids is 1. The van der Waals surface area contributed by atoms with Crippen molar-refractivity contribution in [2.75, 3.05) is 0 Å². The van der Waals surface area contributed by atoms with E-state index in [-0.39, 0.29) is 5.56 Å². The summed E-state index contributed by atoms with van der Waals surface area (Å²) in [6, 6.07) is 10.8. The van der Waals surface area contributed by atoms with E-state index in [1.165, 1.54) is 6.07 Å². The van der Waals surface area contributed by atoms with Crippen molar-refractivity contribution in [3.8, 4) is 11.3 Å². The van der Waals surface area contributed by atoms with Crippen LogP contribution in [-0.4, -0.2) is 26.3 Å². The van der Waals surface area contributed by atoms with Crippen molar-refractivity contribution in [3.63, 3.8) is 0 Å². The average Bonchev–Trinajstić information content (AvgIpc) is 2.51. The zero-order valence-electron chi connectivity index (χ0n) is 12.3. The second kappa shape index (κ2) is 7.79. The largest absolute Gasteiger partial charge is 0.480 e. The Kier molecular flexibility index (Phi) is 5.77. The molecule has 0 saturated heterocycles. The third kappa shape index (κ3) is 4.46. The van der Waals surface area contributed by atoms with E-state index >= 15 is 0 Å². The molecule has 2 N–H and O–H groups in total. The van der Waals surface area contributed by atoms with Gasteiger partial charge in [0.2, 0.25) is 0 Å². The number of hydrogen-bond acceptors (Lipinski definition) is 4. The summed E-state index contributed by atoms with van der Waals surface area (Å²) in [5.41, 5.74) is 1.10. The smallest absolute Gasteiger partial charge is 0.317 e. The third-order valence-electron chi connectivity index (χ3n) is 3.14. The molecule has 0 aliphatic heterocycles. The van der Waals surface area contributed by atoms with Gasteiger partial charge in [0.15, 0.2) is 5.16 Å². The van der Waals surface area contributed by atoms with Crippen LogP contribution in [0.15, 0.2) is 46.3 Å². The van der Waals surface area contributed by atoms with E-state index < -0.39 is 11.2 Å². The maximum Gasteiger partial charge on any atom is 0.317 e. The zero-order valence-corrected chi connectivity index (χ0v) is 13.1. The summed E-state index contributed by atoms with van der Waals surface area (Å²) < 4.78 is 0. The number of H-pyrrole nitrogens is 1. The summed E-state index contributed by atoms with van der Waals surface area (Å²) in [6.07, 6.45) is 2.31. The van der Waals surface area contributed by atoms with Gasteiger partial charge in [-0.3, -0.25) is 9.59 Å². The minimum absolute atomic E-state index is 0.281. The predicted octanol–water partition coefficient (Wildman–Crippen LogP) is 3.17. The molecule has 0 amide bonds. The number of hydrogen-bond donors (Lipinski definition) is 2. The molecule has 5 nitrogen and oxygen atoms in total. The third-order valence-corrected chi connectivity index (χ3v) is 4.28. The van der Waals surface area contributed by atoms with Crippen molar-refractivity contribution in [1.29, 1.82) is 0 Å². The van der Waals surface area contributed by atoms with Crippen LogP contribution in [0.25, 0.3) is 11.3 Å². The molecule has 0 spiro atoms. The molecule has 0 aliphatic rings. The van der Waals surface area contributed by atoms with Gasteiger partial charge in [0, 0.05) is 11.6 Å². The molecule has 6 heteroatoms. The van der Waals surface area contributed by atoms with E-state index in [1.807, 2.05) is 37.3 Å². The van der Waals surface area contributed by atoms with E-state index in [2.05, 4.69) is 9.97 Å². The molecule has 1 heterocycles. The number of benzene rings is 1. The zero-order chi connectivity index (χ0) is 15.9. The van der Waals surface area contributed by atoms with Crippen LogP contribution in [0.4, 0.5) is 0 Å². The Balaban J connectivity index is 2.26. The van der Waals surface area contributed by atoms with Gasteiger partial charge >= 0.3 is 5.97 Å². The molecule has 0 unspecified atom stereocenters. The molecule has 2 aromatic rings. The van der Waals surface area contributed by atoms with E-state index in [0.717, 1.165) is 30.2 Å². The van der Waals surface area contributed by atoms with Crippen LogP contribution in [0.2, 0.25) is 0 Å². The summed E-state index contributed by atoms with van der Waals surface area (Å²) in [7, 11) is 0. The summed E-state index contributed by atoms with van der Waals surface area (Å²) >= 11 is 1.09. The first kappa shape index (κ1) is 16.3. The van der Waals surface area contributed by atoms with E-state index in [4.69, 9.17) is 0 Å². The quantitative estimate of drug-likeness (QED) is 0.605. The first-order chi connectivity index (χ1) is 10.6. The van der Waals surface area contributed by atoms with Gasteiger partial charge in [0.25, 0.3) is 5.56 Å². The molecular formula is C16H18N2O3S. The highest BCUT2D eigenvalue weighted by molar-refractivity contribution is 8.00. The first-order valence-electron chi connectivity index (χ1n) is 7.16. The molecule has 2 rings (SSSR count). The summed E-state index contributed by atoms with van der Waals surface area (Å²) in [4.78, 5) is 30.1. The normalized spacial score (nSPS) is 12.0. The molecule has 22 heavy (non-hydrogen) atoms. The van der Waals surface area contributed by atoms with Crippen molar-refractivity contribution in [2.24, 2.45) is 0 Å². The fourth-order valence-corrected chi connectivity index (χ4v) is 2.97. The standard InChI is InChI=1S/C16H18N2O3S/c1-2-3-9-13(15(20)21)22-16-17-12(10-14(19)18-16)11-7-5-4-6-8-11/h4-8,10,13H,2-3,9H2,1H3,(H,20,21)(H,17,18,19)/t13-/m1/s1. The number of rotatable bonds is 7. The molecule has 116 valence electrons. The molecule has 0 saturated carbocycles. The van der Waals surface area contributed by atoms with Crippen LogP contribution in [0.3, 0.4) is 0 Å². The Morgan fingerprint density at radius 3 is 2.73 bits per heavy atom. The van der Waals surface area contributed by atoms with E-state index in [0.29, 0.717) is 17.3 Å². The number of thioether (sulfide) groups is 1. The van der Waals surface area contributed by atoms with Gasteiger partial charge in [-0.2, -0.15) is 0 Å². The summed E-state index contributed by atoms with van der Waals surface area (Å²) in [5, 5.41) is 9.02. The van der Waals surface area contributed by atoms with Crippen LogP contribution in [0, 0.1) is 0 Å². The molecule has 0 aliphatic carbocycles. The number of carbonyl (C=O) groups is 1. The fraction of sp³-hybridized carbons (Fsp3) is 0.312. The number of carboxylic acids is 1. The maximum atomic E-state index is 11.8. The second-order valence-corrected chi connectivity index (χ2v) is 6.08. The number of nitrogens with zero attached hydrogens (tertiary/aromatic N) is 1. The average molecular weight is 318 g/mol. The summed E-state index contributed by atoms with van der Waals surface area (Å²) in [6.45, 7) is 2.01. The highest BCUT2D eigenvalue weighted by Crippen LogP contribution is 2.25. The minimum Gasteiger partial charge on any atom is -0.480 e. The fourth-order valence-electron chi connectivity index (χ4n) is 2.00. The molecule has 1 atom stereocenters. The SMILES string of the molecule is CCCC[C@@H](Sc1nc(-c2ccccc2)cc(=O)[nH]1)C(=O)O. The van der Waals surface area contributed by atoms with Crippen molar-refractivity contribution >= 4 is 17.7 Å². The lowest BCUT2D eigenvalue weighted by atomic mass is 10.1. The van der Waals surface area contributed by atoms with Gasteiger partial charge in [-0.25, -0.2) is 4.98 Å². The van der Waals surface area contributed by atoms with Crippen LogP contribution in [0.1, 0.15) is 26.2 Å². The number of unbranched alkanes of at least 4 members (excludes halogenated alkanes) is 1. The van der Waals surface area contributed by atoms with Crippen LogP contribution >= 0.6 is 11.8 Å². The monoisotopic (exact) mass is 318 g/mol. The molecule has 1 aromatic heterocycles. The van der Waals surface area contributed by atoms with Crippen LogP contribution in [-0.2, 0) is 4.79 Å². The highest BCUT2D eigenvalue weighted by atomic mass is 32.2. The predicted molar refractivity (Wildman–Crippen MR) is 87.1 cm³/mol. The molecule has 1 aromatic carbocycles. The van der Waals surface area contributed by atoms with Crippen molar-refractivity contribution < 1.29 is 9.90 Å². The van der Waals surface area contributed by atoms with E-state index in [9.17, 15) is 14.7 Å². The molecule has 0 fully saturated rings. The number of carboxylic acid groups (broad SMARTS) is 1. The van der Waals surface area contributed by atoms with Crippen molar-refractivity contribution in [2.45, 2.75) is 36.6 Å². The Morgan fingerprint density at radius 1 is 1.36 bits per heavy atom. The second-order valence-electron chi connectivity index (χ2n) is 4.89. The lowest BCUT2D eigenvalue weighted by molar-refractivity contribution is -0.136. The maximum absolute atomic E-state index is 11.8. The first-order valence-corrected chi connectivity index (χ1v) is 8.04. The van der Waals surface area contributed by atoms with E-state index in [1.54, 1.807) is 0 Å². The molecule has 0 bridgehead atoms. The molecular weight excluding hydrogens is 300 g/mol. The number of nitrogens with one attached hydrogen (secondary N) is 1. The van der Waals surface area contributed by atoms with Crippen molar-refractivity contribution in [3.05, 3.63) is 46.8 Å². The lowest BCUT2D eigenvalue weighted by Crippen LogP contribution is -2.18. The van der Waals surface area contributed by atoms with Gasteiger partial charge in [-0.15, -0.1) is 0 Å². The van der Waals surface area contributed by atoms with Gasteiger partial charge in [-0.05, 0) is 6.42 Å². The lowest BCUT2D eigenvalue weighted by Gasteiger charge is -2.11. The topological polar surface area (TPSA) is 83.0 Å². The highest BCUT2D eigenvalue weighted by Gasteiger charge is 2.20. The number of aromatic amines is 1. The minimum atomic E-state index is -0.883. The van der Waals surface area contributed by atoms with Crippen LogP contribution < -0.4 is 5.56 Å². The Hall–Kier alpha value is -2.08. The van der Waals surface area contributed by atoms with Gasteiger partial charge in [0.05, 0.1) is 5.69 Å². The van der Waals surface area contributed by atoms with Crippen molar-refractivity contribution in [1.82, 2.24) is 9.97 Å². The van der Waals surface area contributed by atoms with Crippen LogP contribution in [0.5, 0.6) is 0 Å². The van der Waals surface area contributed by atoms with Gasteiger partial charge in [-0.1, -0.05) is 61.9 Å². The van der Waals surface area contributed by atoms with Gasteiger partial charge < -0.3 is 10.1 Å².